The Morgan fingerprint density at radius 2 is 2.10 bits per heavy atom. The number of ketones is 1. The maximum absolute atomic E-state index is 11.9. The number of rotatable bonds is 3. The van der Waals surface area contributed by atoms with E-state index in [1.54, 1.807) is 6.07 Å². The minimum Gasteiger partial charge on any atom is -0.389 e. The predicted octanol–water partition coefficient (Wildman–Crippen LogP) is 2.01. The highest BCUT2D eigenvalue weighted by Crippen LogP contribution is 2.31. The lowest BCUT2D eigenvalue weighted by Crippen LogP contribution is -2.19. The smallest absolute Gasteiger partial charge is 0.179 e. The van der Waals surface area contributed by atoms with E-state index < -0.39 is 12.2 Å². The molecule has 2 aromatic rings. The van der Waals surface area contributed by atoms with Crippen LogP contribution in [0, 0.1) is 0 Å². The van der Waals surface area contributed by atoms with Crippen LogP contribution < -0.4 is 0 Å². The van der Waals surface area contributed by atoms with Gasteiger partial charge in [0, 0.05) is 23.1 Å². The predicted molar refractivity (Wildman–Crippen MR) is 80.4 cm³/mol. The molecule has 1 aliphatic carbocycles. The Morgan fingerprint density at radius 3 is 2.85 bits per heavy atom. The number of aromatic amines is 1. The van der Waals surface area contributed by atoms with E-state index in [9.17, 15) is 15.0 Å². The zero-order chi connectivity index (χ0) is 14.3. The van der Waals surface area contributed by atoms with Gasteiger partial charge >= 0.3 is 0 Å². The number of nitrogens with one attached hydrogen (secondary N) is 1. The second-order valence-corrected chi connectivity index (χ2v) is 5.62. The largest absolute Gasteiger partial charge is 0.389 e. The van der Waals surface area contributed by atoms with Crippen LogP contribution in [-0.2, 0) is 6.42 Å². The number of carbonyl (C=O) groups is 1. The van der Waals surface area contributed by atoms with Crippen molar-refractivity contribution in [1.82, 2.24) is 4.98 Å². The standard InChI is InChI=1S/C15H17NO3S/c17-12-3-1-2-9-10-6-8(15(19)13(18)7-20)4-5-11(10)16-14(9)12/h4-6,13,15-16,18-20H,1-3,7H2. The third-order valence-corrected chi connectivity index (χ3v) is 4.31. The number of benzene rings is 1. The first-order valence-electron chi connectivity index (χ1n) is 6.76. The molecule has 0 fully saturated rings. The molecule has 0 amide bonds. The van der Waals surface area contributed by atoms with E-state index in [1.807, 2.05) is 12.1 Å². The molecule has 0 bridgehead atoms. The van der Waals surface area contributed by atoms with Crippen LogP contribution in [0.1, 0.15) is 40.6 Å². The molecule has 2 unspecified atom stereocenters. The Kier molecular flexibility index (Phi) is 3.58. The van der Waals surface area contributed by atoms with Crippen molar-refractivity contribution >= 4 is 29.3 Å². The summed E-state index contributed by atoms with van der Waals surface area (Å²) in [6.45, 7) is 0. The van der Waals surface area contributed by atoms with Crippen LogP contribution in [0.4, 0.5) is 0 Å². The number of aliphatic hydroxyl groups excluding tert-OH is 2. The third-order valence-electron chi connectivity index (χ3n) is 3.93. The first kappa shape index (κ1) is 13.7. The van der Waals surface area contributed by atoms with Crippen LogP contribution in [0.2, 0.25) is 0 Å². The Bertz CT molecular complexity index is 664. The molecule has 3 N–H and O–H groups in total. The van der Waals surface area contributed by atoms with Crippen LogP contribution in [0.5, 0.6) is 0 Å². The van der Waals surface area contributed by atoms with Crippen molar-refractivity contribution in [1.29, 1.82) is 0 Å². The highest BCUT2D eigenvalue weighted by atomic mass is 32.1. The molecule has 20 heavy (non-hydrogen) atoms. The monoisotopic (exact) mass is 291 g/mol. The molecular formula is C15H17NO3S. The average Bonchev–Trinajstić information content (AvgIpc) is 2.85. The average molecular weight is 291 g/mol. The molecule has 1 heterocycles. The number of aryl methyl sites for hydroxylation is 1. The summed E-state index contributed by atoms with van der Waals surface area (Å²) < 4.78 is 0. The van der Waals surface area contributed by atoms with Crippen molar-refractivity contribution in [2.45, 2.75) is 31.5 Å². The van der Waals surface area contributed by atoms with E-state index >= 15 is 0 Å². The zero-order valence-corrected chi connectivity index (χ0v) is 11.9. The molecule has 0 saturated heterocycles. The second kappa shape index (κ2) is 5.24. The zero-order valence-electron chi connectivity index (χ0n) is 11.0. The molecular weight excluding hydrogens is 274 g/mol. The van der Waals surface area contributed by atoms with Gasteiger partial charge in [-0.3, -0.25) is 4.79 Å². The fourth-order valence-electron chi connectivity index (χ4n) is 2.82. The van der Waals surface area contributed by atoms with E-state index in [1.165, 1.54) is 0 Å². The fourth-order valence-corrected chi connectivity index (χ4v) is 3.02. The number of carbonyl (C=O) groups excluding carboxylic acids is 1. The number of aromatic nitrogens is 1. The Hall–Kier alpha value is -1.30. The minimum absolute atomic E-state index is 0.153. The maximum Gasteiger partial charge on any atom is 0.179 e. The van der Waals surface area contributed by atoms with Gasteiger partial charge in [0.15, 0.2) is 5.78 Å². The molecule has 106 valence electrons. The summed E-state index contributed by atoms with van der Waals surface area (Å²) in [6, 6.07) is 5.48. The molecule has 2 atom stereocenters. The highest BCUT2D eigenvalue weighted by molar-refractivity contribution is 7.80. The number of aliphatic hydroxyl groups is 2. The number of thiol groups is 1. The van der Waals surface area contributed by atoms with Gasteiger partial charge in [0.25, 0.3) is 0 Å². The van der Waals surface area contributed by atoms with Gasteiger partial charge in [-0.1, -0.05) is 6.07 Å². The van der Waals surface area contributed by atoms with Gasteiger partial charge in [-0.05, 0) is 36.1 Å². The van der Waals surface area contributed by atoms with E-state index in [-0.39, 0.29) is 11.5 Å². The first-order chi connectivity index (χ1) is 9.61. The van der Waals surface area contributed by atoms with Gasteiger partial charge in [-0.15, -0.1) is 0 Å². The van der Waals surface area contributed by atoms with Gasteiger partial charge in [-0.25, -0.2) is 0 Å². The molecule has 5 heteroatoms. The van der Waals surface area contributed by atoms with E-state index in [0.29, 0.717) is 17.7 Å². The fraction of sp³-hybridized carbons (Fsp3) is 0.400. The van der Waals surface area contributed by atoms with Crippen molar-refractivity contribution in [3.63, 3.8) is 0 Å². The van der Waals surface area contributed by atoms with E-state index in [2.05, 4.69) is 17.6 Å². The van der Waals surface area contributed by atoms with Gasteiger partial charge in [0.1, 0.15) is 6.10 Å². The summed E-state index contributed by atoms with van der Waals surface area (Å²) in [5, 5.41) is 20.7. The van der Waals surface area contributed by atoms with E-state index in [0.717, 1.165) is 29.3 Å². The lowest BCUT2D eigenvalue weighted by molar-refractivity contribution is 0.0338. The van der Waals surface area contributed by atoms with Gasteiger partial charge in [0.2, 0.25) is 0 Å². The van der Waals surface area contributed by atoms with E-state index in [4.69, 9.17) is 0 Å². The molecule has 0 saturated carbocycles. The van der Waals surface area contributed by atoms with Gasteiger partial charge in [0.05, 0.1) is 11.8 Å². The molecule has 4 nitrogen and oxygen atoms in total. The Balaban J connectivity index is 2.09. The molecule has 0 radical (unpaired) electrons. The van der Waals surface area contributed by atoms with Crippen LogP contribution in [0.25, 0.3) is 10.9 Å². The first-order valence-corrected chi connectivity index (χ1v) is 7.39. The maximum atomic E-state index is 11.9. The second-order valence-electron chi connectivity index (χ2n) is 5.26. The summed E-state index contributed by atoms with van der Waals surface area (Å²) in [6.07, 6.45) is 0.475. The van der Waals surface area contributed by atoms with Gasteiger partial charge in [-0.2, -0.15) is 12.6 Å². The summed E-state index contributed by atoms with van der Waals surface area (Å²) in [4.78, 5) is 15.1. The van der Waals surface area contributed by atoms with Crippen molar-refractivity contribution in [2.75, 3.05) is 5.75 Å². The number of fused-ring (bicyclic) bond motifs is 3. The highest BCUT2D eigenvalue weighted by Gasteiger charge is 2.23. The molecule has 1 aliphatic rings. The number of hydrogen-bond donors (Lipinski definition) is 4. The van der Waals surface area contributed by atoms with Crippen LogP contribution in [0.3, 0.4) is 0 Å². The van der Waals surface area contributed by atoms with Crippen molar-refractivity contribution in [2.24, 2.45) is 0 Å². The number of hydrogen-bond acceptors (Lipinski definition) is 4. The third kappa shape index (κ3) is 2.16. The van der Waals surface area contributed by atoms with Crippen molar-refractivity contribution in [3.8, 4) is 0 Å². The summed E-state index contributed by atoms with van der Waals surface area (Å²) in [7, 11) is 0. The summed E-state index contributed by atoms with van der Waals surface area (Å²) >= 11 is 4.00. The quantitative estimate of drug-likeness (QED) is 0.654. The van der Waals surface area contributed by atoms with Crippen molar-refractivity contribution in [3.05, 3.63) is 35.0 Å². The van der Waals surface area contributed by atoms with Crippen LogP contribution in [-0.4, -0.2) is 32.8 Å². The summed E-state index contributed by atoms with van der Waals surface area (Å²) in [5.74, 6) is 0.350. The molecule has 0 aliphatic heterocycles. The summed E-state index contributed by atoms with van der Waals surface area (Å²) in [5.41, 5.74) is 3.29. The van der Waals surface area contributed by atoms with Crippen LogP contribution in [0.15, 0.2) is 18.2 Å². The SMILES string of the molecule is O=C1CCCc2c1[nH]c1ccc(C(O)C(O)CS)cc21. The van der Waals surface area contributed by atoms with Crippen molar-refractivity contribution < 1.29 is 15.0 Å². The van der Waals surface area contributed by atoms with Gasteiger partial charge < -0.3 is 15.2 Å². The normalized spacial score (nSPS) is 18.1. The molecule has 0 spiro atoms. The lowest BCUT2D eigenvalue weighted by Gasteiger charge is -2.16. The molecule has 3 rings (SSSR count). The molecule has 1 aromatic heterocycles. The number of Topliss-reactive ketones (excluding diaryl/α,β-unsaturated/α-hetero) is 1. The van der Waals surface area contributed by atoms with Crippen LogP contribution >= 0.6 is 12.6 Å². The lowest BCUT2D eigenvalue weighted by atomic mass is 9.93. The number of H-pyrrole nitrogens is 1. The Morgan fingerprint density at radius 1 is 1.30 bits per heavy atom. The topological polar surface area (TPSA) is 73.3 Å². The minimum atomic E-state index is -0.957. The Labute approximate surface area is 122 Å². The molecule has 1 aromatic carbocycles.